The van der Waals surface area contributed by atoms with Crippen molar-refractivity contribution in [1.29, 1.82) is 5.26 Å². The molecule has 0 unspecified atom stereocenters. The molecule has 0 radical (unpaired) electrons. The van der Waals surface area contributed by atoms with Gasteiger partial charge >= 0.3 is 5.51 Å². The van der Waals surface area contributed by atoms with Gasteiger partial charge in [-0.2, -0.15) is 18.4 Å². The number of sulfone groups is 1. The molecule has 152 valence electrons. The summed E-state index contributed by atoms with van der Waals surface area (Å²) in [6.45, 7) is 0. The first-order valence-corrected chi connectivity index (χ1v) is 11.4. The highest BCUT2D eigenvalue weighted by Gasteiger charge is 2.49. The van der Waals surface area contributed by atoms with Crippen molar-refractivity contribution < 1.29 is 26.4 Å². The summed E-state index contributed by atoms with van der Waals surface area (Å²) >= 11 is -0.398. The molecule has 0 heterocycles. The van der Waals surface area contributed by atoms with Gasteiger partial charge in [0.05, 0.1) is 21.9 Å². The van der Waals surface area contributed by atoms with E-state index in [9.17, 15) is 31.6 Å². The van der Waals surface area contributed by atoms with Crippen molar-refractivity contribution >= 4 is 27.5 Å². The molecule has 1 N–H and O–H groups in total. The van der Waals surface area contributed by atoms with Crippen molar-refractivity contribution in [1.82, 2.24) is 5.32 Å². The number of nitriles is 1. The number of amides is 1. The number of rotatable bonds is 4. The standard InChI is InChI=1S/C18H19F3N2O3S2/c1-28(25,26)14-3-2-12(27-18(19,20)21)10-13(14)15(24)23-17-7-4-16(11-22,5-8-17)6-9-17/h2-3,10H,4-9H2,1H3,(H,23,24). The highest BCUT2D eigenvalue weighted by Crippen LogP contribution is 2.52. The molecule has 1 aromatic carbocycles. The van der Waals surface area contributed by atoms with Crippen molar-refractivity contribution in [2.45, 2.75) is 59.4 Å². The van der Waals surface area contributed by atoms with Crippen molar-refractivity contribution in [3.8, 4) is 6.07 Å². The molecule has 3 aliphatic rings. The molecular weight excluding hydrogens is 413 g/mol. The Kier molecular flexibility index (Phi) is 5.21. The molecule has 1 aromatic rings. The number of halogens is 3. The van der Waals surface area contributed by atoms with E-state index in [1.165, 1.54) is 0 Å². The lowest BCUT2D eigenvalue weighted by molar-refractivity contribution is -0.0328. The second-order valence-corrected chi connectivity index (χ2v) is 10.7. The van der Waals surface area contributed by atoms with Crippen LogP contribution in [0.15, 0.2) is 28.0 Å². The van der Waals surface area contributed by atoms with Crippen molar-refractivity contribution in [2.24, 2.45) is 5.41 Å². The molecule has 4 rings (SSSR count). The van der Waals surface area contributed by atoms with E-state index in [-0.39, 0.29) is 20.8 Å². The van der Waals surface area contributed by atoms with Gasteiger partial charge in [0.1, 0.15) is 0 Å². The Balaban J connectivity index is 1.90. The lowest BCUT2D eigenvalue weighted by Gasteiger charge is -2.50. The highest BCUT2D eigenvalue weighted by molar-refractivity contribution is 8.00. The molecule has 0 aromatic heterocycles. The molecule has 1 amide bonds. The van der Waals surface area contributed by atoms with Gasteiger partial charge in [-0.3, -0.25) is 4.79 Å². The Bertz CT molecular complexity index is 927. The van der Waals surface area contributed by atoms with Crippen LogP contribution in [0.3, 0.4) is 0 Å². The lowest BCUT2D eigenvalue weighted by atomic mass is 9.58. The summed E-state index contributed by atoms with van der Waals surface area (Å²) < 4.78 is 62.1. The van der Waals surface area contributed by atoms with Crippen molar-refractivity contribution in [3.63, 3.8) is 0 Å². The average Bonchev–Trinajstić information content (AvgIpc) is 2.60. The Labute approximate surface area is 165 Å². The first-order valence-electron chi connectivity index (χ1n) is 8.71. The largest absolute Gasteiger partial charge is 0.446 e. The van der Waals surface area contributed by atoms with Crippen LogP contribution >= 0.6 is 11.8 Å². The van der Waals surface area contributed by atoms with Crippen molar-refractivity contribution in [3.05, 3.63) is 23.8 Å². The van der Waals surface area contributed by atoms with Crippen molar-refractivity contribution in [2.75, 3.05) is 6.26 Å². The minimum Gasteiger partial charge on any atom is -0.347 e. The van der Waals surface area contributed by atoms with Crippen LogP contribution in [0, 0.1) is 16.7 Å². The summed E-state index contributed by atoms with van der Waals surface area (Å²) in [7, 11) is -3.80. The molecule has 3 saturated carbocycles. The fourth-order valence-corrected chi connectivity index (χ4v) is 5.50. The quantitative estimate of drug-likeness (QED) is 0.726. The van der Waals surface area contributed by atoms with Gasteiger partial charge in [0, 0.05) is 16.7 Å². The molecule has 0 aliphatic heterocycles. The first-order chi connectivity index (χ1) is 12.9. The number of nitrogens with zero attached hydrogens (tertiary/aromatic N) is 1. The van der Waals surface area contributed by atoms with E-state index in [1.54, 1.807) is 0 Å². The summed E-state index contributed by atoms with van der Waals surface area (Å²) in [5, 5.41) is 12.2. The normalized spacial score (nSPS) is 27.2. The van der Waals surface area contributed by atoms with Crippen LogP contribution in [-0.2, 0) is 9.84 Å². The van der Waals surface area contributed by atoms with Gasteiger partial charge in [-0.15, -0.1) is 0 Å². The minimum absolute atomic E-state index is 0.252. The molecule has 3 fully saturated rings. The monoisotopic (exact) mass is 432 g/mol. The fourth-order valence-electron chi connectivity index (χ4n) is 4.06. The fraction of sp³-hybridized carbons (Fsp3) is 0.556. The zero-order valence-electron chi connectivity index (χ0n) is 15.1. The number of hydrogen-bond acceptors (Lipinski definition) is 5. The molecule has 0 saturated heterocycles. The summed E-state index contributed by atoms with van der Waals surface area (Å²) in [4.78, 5) is 12.3. The average molecular weight is 432 g/mol. The molecule has 2 bridgehead atoms. The van der Waals surface area contributed by atoms with E-state index in [4.69, 9.17) is 0 Å². The lowest BCUT2D eigenvalue weighted by Crippen LogP contribution is -2.56. The van der Waals surface area contributed by atoms with Gasteiger partial charge in [-0.05, 0) is 68.5 Å². The van der Waals surface area contributed by atoms with Crippen LogP contribution in [-0.4, -0.2) is 31.6 Å². The number of carbonyl (C=O) groups excluding carboxylic acids is 1. The number of fused-ring (bicyclic) bond motifs is 3. The number of thioether (sulfide) groups is 1. The van der Waals surface area contributed by atoms with E-state index in [0.29, 0.717) is 38.5 Å². The van der Waals surface area contributed by atoms with Gasteiger partial charge in [0.15, 0.2) is 9.84 Å². The third-order valence-electron chi connectivity index (χ3n) is 5.69. The number of benzene rings is 1. The Morgan fingerprint density at radius 1 is 1.18 bits per heavy atom. The Morgan fingerprint density at radius 2 is 1.75 bits per heavy atom. The number of alkyl halides is 3. The Hall–Kier alpha value is -1.73. The molecule has 5 nitrogen and oxygen atoms in total. The summed E-state index contributed by atoms with van der Waals surface area (Å²) in [6.07, 6.45) is 4.63. The molecule has 0 spiro atoms. The van der Waals surface area contributed by atoms with Crippen LogP contribution in [0.1, 0.15) is 48.9 Å². The van der Waals surface area contributed by atoms with Crippen LogP contribution in [0.5, 0.6) is 0 Å². The molecule has 28 heavy (non-hydrogen) atoms. The van der Waals surface area contributed by atoms with Gasteiger partial charge in [-0.1, -0.05) is 0 Å². The number of nitrogens with one attached hydrogen (secondary N) is 1. The second kappa shape index (κ2) is 6.95. The maximum Gasteiger partial charge on any atom is 0.446 e. The zero-order chi connectivity index (χ0) is 20.8. The van der Waals surface area contributed by atoms with E-state index in [2.05, 4.69) is 11.4 Å². The second-order valence-electron chi connectivity index (χ2n) is 7.60. The number of hydrogen-bond donors (Lipinski definition) is 1. The summed E-state index contributed by atoms with van der Waals surface area (Å²) in [5.74, 6) is -0.698. The van der Waals surface area contributed by atoms with Crippen LogP contribution in [0.2, 0.25) is 0 Å². The molecule has 0 atom stereocenters. The molecule has 3 aliphatic carbocycles. The van der Waals surface area contributed by atoms with E-state index in [0.717, 1.165) is 24.5 Å². The summed E-state index contributed by atoms with van der Waals surface area (Å²) in [5.41, 5.74) is -5.73. The number of carbonyl (C=O) groups is 1. The zero-order valence-corrected chi connectivity index (χ0v) is 16.7. The Morgan fingerprint density at radius 3 is 2.21 bits per heavy atom. The van der Waals surface area contributed by atoms with E-state index in [1.807, 2.05) is 0 Å². The third-order valence-corrected chi connectivity index (χ3v) is 7.57. The van der Waals surface area contributed by atoms with Gasteiger partial charge in [0.2, 0.25) is 0 Å². The van der Waals surface area contributed by atoms with Crippen LogP contribution < -0.4 is 5.32 Å². The smallest absolute Gasteiger partial charge is 0.347 e. The van der Waals surface area contributed by atoms with Gasteiger partial charge in [0.25, 0.3) is 5.91 Å². The topological polar surface area (TPSA) is 87.0 Å². The maximum absolute atomic E-state index is 12.9. The predicted molar refractivity (Wildman–Crippen MR) is 97.4 cm³/mol. The van der Waals surface area contributed by atoms with Gasteiger partial charge in [-0.25, -0.2) is 8.42 Å². The van der Waals surface area contributed by atoms with Gasteiger partial charge < -0.3 is 5.32 Å². The van der Waals surface area contributed by atoms with Crippen LogP contribution in [0.4, 0.5) is 13.2 Å². The predicted octanol–water partition coefficient (Wildman–Crippen LogP) is 4.05. The summed E-state index contributed by atoms with van der Waals surface area (Å²) in [6, 6.07) is 5.43. The van der Waals surface area contributed by atoms with Crippen LogP contribution in [0.25, 0.3) is 0 Å². The third kappa shape index (κ3) is 4.30. The first kappa shape index (κ1) is 21.0. The molecular formula is C18H19F3N2O3S2. The van der Waals surface area contributed by atoms with E-state index < -0.39 is 38.6 Å². The highest BCUT2D eigenvalue weighted by atomic mass is 32.2. The van der Waals surface area contributed by atoms with E-state index >= 15 is 0 Å². The molecule has 10 heteroatoms. The maximum atomic E-state index is 12.9. The minimum atomic E-state index is -4.55. The SMILES string of the molecule is CS(=O)(=O)c1ccc(SC(F)(F)F)cc1C(=O)NC12CCC(C#N)(CC1)CC2.